The van der Waals surface area contributed by atoms with Crippen molar-refractivity contribution in [3.63, 3.8) is 0 Å². The van der Waals surface area contributed by atoms with E-state index in [0.717, 1.165) is 26.3 Å². The fraction of sp³-hybridized carbons (Fsp3) is 0.190. The summed E-state index contributed by atoms with van der Waals surface area (Å²) in [4.78, 5) is 12.6. The molecule has 28 heavy (non-hydrogen) atoms. The van der Waals surface area contributed by atoms with Crippen LogP contribution in [0.15, 0.2) is 65.6 Å². The van der Waals surface area contributed by atoms with Gasteiger partial charge in [-0.3, -0.25) is 4.79 Å². The largest absolute Gasteiger partial charge is 0.376 e. The molecule has 0 spiro atoms. The maximum atomic E-state index is 12.4. The van der Waals surface area contributed by atoms with Crippen LogP contribution in [0.4, 0.5) is 11.4 Å². The van der Waals surface area contributed by atoms with Gasteiger partial charge in [-0.25, -0.2) is 12.7 Å². The fourth-order valence-corrected chi connectivity index (χ4v) is 3.80. The quantitative estimate of drug-likeness (QED) is 0.668. The summed E-state index contributed by atoms with van der Waals surface area (Å²) >= 11 is 0. The van der Waals surface area contributed by atoms with Crippen LogP contribution in [0.1, 0.15) is 5.56 Å². The molecule has 0 bridgehead atoms. The Morgan fingerprint density at radius 1 is 0.964 bits per heavy atom. The lowest BCUT2D eigenvalue weighted by molar-refractivity contribution is -0.114. The number of nitrogens with one attached hydrogen (secondary N) is 2. The van der Waals surface area contributed by atoms with E-state index in [2.05, 4.69) is 10.6 Å². The molecule has 0 atom stereocenters. The lowest BCUT2D eigenvalue weighted by Gasteiger charge is -2.15. The van der Waals surface area contributed by atoms with Gasteiger partial charge >= 0.3 is 0 Å². The number of benzene rings is 3. The molecule has 2 N–H and O–H groups in total. The van der Waals surface area contributed by atoms with Gasteiger partial charge in [0.15, 0.2) is 0 Å². The molecule has 0 radical (unpaired) electrons. The van der Waals surface area contributed by atoms with Crippen molar-refractivity contribution in [2.75, 3.05) is 31.3 Å². The van der Waals surface area contributed by atoms with Crippen molar-refractivity contribution in [1.29, 1.82) is 0 Å². The molecule has 0 fully saturated rings. The van der Waals surface area contributed by atoms with Crippen LogP contribution in [-0.2, 0) is 14.8 Å². The molecule has 146 valence electrons. The van der Waals surface area contributed by atoms with E-state index < -0.39 is 10.0 Å². The van der Waals surface area contributed by atoms with Crippen LogP contribution in [0.25, 0.3) is 10.8 Å². The zero-order valence-electron chi connectivity index (χ0n) is 16.1. The predicted molar refractivity (Wildman–Crippen MR) is 113 cm³/mol. The van der Waals surface area contributed by atoms with Crippen LogP contribution < -0.4 is 10.6 Å². The Bertz CT molecular complexity index is 1120. The number of carbonyl (C=O) groups excluding carboxylic acids is 1. The molecule has 3 rings (SSSR count). The Labute approximate surface area is 165 Å². The van der Waals surface area contributed by atoms with Gasteiger partial charge in [0, 0.05) is 30.9 Å². The fourth-order valence-electron chi connectivity index (χ4n) is 2.87. The number of sulfonamides is 1. The number of carbonyl (C=O) groups is 1. The molecule has 3 aromatic carbocycles. The highest BCUT2D eigenvalue weighted by atomic mass is 32.2. The van der Waals surface area contributed by atoms with E-state index in [9.17, 15) is 13.2 Å². The summed E-state index contributed by atoms with van der Waals surface area (Å²) in [6.07, 6.45) is 0. The monoisotopic (exact) mass is 397 g/mol. The smallest absolute Gasteiger partial charge is 0.243 e. The molecular formula is C21H23N3O3S. The average molecular weight is 398 g/mol. The molecule has 0 aliphatic rings. The number of hydrogen-bond acceptors (Lipinski definition) is 4. The SMILES string of the molecule is Cc1ccc(S(=O)(=O)N(C)C)cc1NCC(=O)Nc1cccc2ccccc12. The number of nitrogens with zero attached hydrogens (tertiary/aromatic N) is 1. The number of hydrogen-bond donors (Lipinski definition) is 2. The minimum absolute atomic E-state index is 0.0233. The van der Waals surface area contributed by atoms with Crippen LogP contribution >= 0.6 is 0 Å². The number of rotatable bonds is 6. The first-order valence-electron chi connectivity index (χ1n) is 8.84. The Morgan fingerprint density at radius 2 is 1.68 bits per heavy atom. The van der Waals surface area contributed by atoms with Crippen LogP contribution in [0.2, 0.25) is 0 Å². The first-order valence-corrected chi connectivity index (χ1v) is 10.3. The van der Waals surface area contributed by atoms with Crippen molar-refractivity contribution < 1.29 is 13.2 Å². The highest BCUT2D eigenvalue weighted by Gasteiger charge is 2.18. The summed E-state index contributed by atoms with van der Waals surface area (Å²) in [5, 5.41) is 7.96. The second-order valence-electron chi connectivity index (χ2n) is 6.69. The van der Waals surface area contributed by atoms with Crippen molar-refractivity contribution in [2.45, 2.75) is 11.8 Å². The van der Waals surface area contributed by atoms with Crippen molar-refractivity contribution in [2.24, 2.45) is 0 Å². The summed E-state index contributed by atoms with van der Waals surface area (Å²) in [5.41, 5.74) is 2.21. The molecule has 6 nitrogen and oxygen atoms in total. The van der Waals surface area contributed by atoms with Gasteiger partial charge in [-0.15, -0.1) is 0 Å². The maximum Gasteiger partial charge on any atom is 0.243 e. The standard InChI is InChI=1S/C21H23N3O3S/c1-15-11-12-17(28(26,27)24(2)3)13-20(15)22-14-21(25)23-19-10-6-8-16-7-4-5-9-18(16)19/h4-13,22H,14H2,1-3H3,(H,23,25). The second kappa shape index (κ2) is 8.00. The summed E-state index contributed by atoms with van der Waals surface area (Å²) in [6, 6.07) is 18.4. The topological polar surface area (TPSA) is 78.5 Å². The van der Waals surface area contributed by atoms with E-state index in [1.54, 1.807) is 18.2 Å². The van der Waals surface area contributed by atoms with Crippen LogP contribution in [-0.4, -0.2) is 39.3 Å². The summed E-state index contributed by atoms with van der Waals surface area (Å²) in [6.45, 7) is 1.88. The van der Waals surface area contributed by atoms with Gasteiger partial charge in [0.05, 0.1) is 11.4 Å². The van der Waals surface area contributed by atoms with Gasteiger partial charge in [0.25, 0.3) is 0 Å². The number of aryl methyl sites for hydroxylation is 1. The normalized spacial score (nSPS) is 11.6. The first-order chi connectivity index (χ1) is 13.3. The highest BCUT2D eigenvalue weighted by Crippen LogP contribution is 2.24. The van der Waals surface area contributed by atoms with Crippen molar-refractivity contribution in [3.05, 3.63) is 66.2 Å². The summed E-state index contributed by atoms with van der Waals surface area (Å²) < 4.78 is 25.8. The molecule has 0 heterocycles. The summed E-state index contributed by atoms with van der Waals surface area (Å²) in [5.74, 6) is -0.211. The van der Waals surface area contributed by atoms with Crippen LogP contribution in [0.3, 0.4) is 0 Å². The molecule has 0 aromatic heterocycles. The van der Waals surface area contributed by atoms with Crippen molar-refractivity contribution >= 4 is 38.1 Å². The molecule has 0 saturated heterocycles. The predicted octanol–water partition coefficient (Wildman–Crippen LogP) is 3.45. The Hall–Kier alpha value is -2.90. The van der Waals surface area contributed by atoms with E-state index in [0.29, 0.717) is 5.69 Å². The summed E-state index contributed by atoms with van der Waals surface area (Å²) in [7, 11) is -0.563. The minimum Gasteiger partial charge on any atom is -0.376 e. The zero-order chi connectivity index (χ0) is 20.3. The van der Waals surface area contributed by atoms with Crippen LogP contribution in [0.5, 0.6) is 0 Å². The molecule has 1 amide bonds. The second-order valence-corrected chi connectivity index (χ2v) is 8.84. The third-order valence-corrected chi connectivity index (χ3v) is 6.30. The third-order valence-electron chi connectivity index (χ3n) is 4.49. The molecular weight excluding hydrogens is 374 g/mol. The molecule has 0 unspecified atom stereocenters. The van der Waals surface area contributed by atoms with E-state index in [-0.39, 0.29) is 17.3 Å². The van der Waals surface area contributed by atoms with Gasteiger partial charge in [0.2, 0.25) is 15.9 Å². The number of fused-ring (bicyclic) bond motifs is 1. The highest BCUT2D eigenvalue weighted by molar-refractivity contribution is 7.89. The third kappa shape index (κ3) is 4.16. The first kappa shape index (κ1) is 19.9. The number of amides is 1. The lowest BCUT2D eigenvalue weighted by Crippen LogP contribution is -2.24. The van der Waals surface area contributed by atoms with Gasteiger partial charge in [-0.1, -0.05) is 42.5 Å². The molecule has 3 aromatic rings. The van der Waals surface area contributed by atoms with E-state index in [4.69, 9.17) is 0 Å². The average Bonchev–Trinajstić information content (AvgIpc) is 2.67. The van der Waals surface area contributed by atoms with Crippen molar-refractivity contribution in [1.82, 2.24) is 4.31 Å². The van der Waals surface area contributed by atoms with Gasteiger partial charge < -0.3 is 10.6 Å². The Morgan fingerprint density at radius 3 is 2.43 bits per heavy atom. The molecule has 0 aliphatic carbocycles. The van der Waals surface area contributed by atoms with Gasteiger partial charge in [-0.05, 0) is 36.1 Å². The van der Waals surface area contributed by atoms with E-state index in [1.807, 2.05) is 49.4 Å². The van der Waals surface area contributed by atoms with Crippen molar-refractivity contribution in [3.8, 4) is 0 Å². The Balaban J connectivity index is 1.74. The van der Waals surface area contributed by atoms with E-state index >= 15 is 0 Å². The Kier molecular flexibility index (Phi) is 5.67. The van der Waals surface area contributed by atoms with E-state index in [1.165, 1.54) is 14.1 Å². The van der Waals surface area contributed by atoms with Gasteiger partial charge in [0.1, 0.15) is 0 Å². The molecule has 7 heteroatoms. The lowest BCUT2D eigenvalue weighted by atomic mass is 10.1. The number of anilines is 2. The maximum absolute atomic E-state index is 12.4. The minimum atomic E-state index is -3.53. The van der Waals surface area contributed by atoms with Gasteiger partial charge in [-0.2, -0.15) is 0 Å². The zero-order valence-corrected chi connectivity index (χ0v) is 16.9. The molecule has 0 saturated carbocycles. The molecule has 0 aliphatic heterocycles. The van der Waals surface area contributed by atoms with Crippen LogP contribution in [0, 0.1) is 6.92 Å².